The van der Waals surface area contributed by atoms with Gasteiger partial charge in [0.1, 0.15) is 18.2 Å². The summed E-state index contributed by atoms with van der Waals surface area (Å²) in [7, 11) is 0. The van der Waals surface area contributed by atoms with Crippen LogP contribution in [0.15, 0.2) is 23.3 Å². The molecule has 0 spiro atoms. The molecule has 6 nitrogen and oxygen atoms in total. The first kappa shape index (κ1) is 17.7. The lowest BCUT2D eigenvalue weighted by Crippen LogP contribution is -2.47. The maximum Gasteiger partial charge on any atom is 0.329 e. The molecule has 1 aliphatic carbocycles. The molecule has 2 aliphatic heterocycles. The van der Waals surface area contributed by atoms with Gasteiger partial charge >= 0.3 is 5.97 Å². The van der Waals surface area contributed by atoms with E-state index in [4.69, 9.17) is 4.74 Å². The Hall–Kier alpha value is -2.11. The molecule has 0 bridgehead atoms. The largest absolute Gasteiger partial charge is 0.458 e. The van der Waals surface area contributed by atoms with Gasteiger partial charge in [-0.05, 0) is 52.0 Å². The summed E-state index contributed by atoms with van der Waals surface area (Å²) in [6.45, 7) is 6.54. The molecule has 136 valence electrons. The van der Waals surface area contributed by atoms with Crippen LogP contribution < -0.4 is 0 Å². The van der Waals surface area contributed by atoms with Crippen molar-refractivity contribution in [2.24, 2.45) is 0 Å². The molecule has 0 radical (unpaired) electrons. The van der Waals surface area contributed by atoms with Gasteiger partial charge in [-0.2, -0.15) is 0 Å². The van der Waals surface area contributed by atoms with Gasteiger partial charge in [0.05, 0.1) is 0 Å². The van der Waals surface area contributed by atoms with E-state index in [1.54, 1.807) is 9.80 Å². The van der Waals surface area contributed by atoms with Gasteiger partial charge in [0.2, 0.25) is 5.91 Å². The Morgan fingerprint density at radius 2 is 2.08 bits per heavy atom. The zero-order chi connectivity index (χ0) is 18.2. The number of likely N-dealkylation sites (tertiary alicyclic amines) is 1. The summed E-state index contributed by atoms with van der Waals surface area (Å²) in [6.07, 6.45) is 7.09. The summed E-state index contributed by atoms with van der Waals surface area (Å²) in [5.74, 6) is -0.607. The molecule has 0 saturated carbocycles. The van der Waals surface area contributed by atoms with Gasteiger partial charge in [-0.15, -0.1) is 0 Å². The lowest BCUT2D eigenvalue weighted by Gasteiger charge is -2.28. The SMILES string of the molecule is CC(C)(C)OC(=O)C1CCCN1C(=O)CN1CC2=C(C=CCC2)C1=O. The number of carbonyl (C=O) groups is 3. The second-order valence-corrected chi connectivity index (χ2v) is 7.90. The molecule has 1 atom stereocenters. The number of nitrogens with zero attached hydrogens (tertiary/aromatic N) is 2. The predicted octanol–water partition coefficient (Wildman–Crippen LogP) is 1.81. The first-order valence-corrected chi connectivity index (χ1v) is 8.96. The van der Waals surface area contributed by atoms with Crippen LogP contribution in [0.1, 0.15) is 46.5 Å². The fourth-order valence-corrected chi connectivity index (χ4v) is 3.63. The van der Waals surface area contributed by atoms with Crippen LogP contribution in [0, 0.1) is 0 Å². The number of hydrogen-bond acceptors (Lipinski definition) is 4. The molecule has 3 rings (SSSR count). The van der Waals surface area contributed by atoms with Gasteiger partial charge in [-0.25, -0.2) is 4.79 Å². The Bertz CT molecular complexity index is 657. The average Bonchev–Trinajstić information content (AvgIpc) is 3.12. The smallest absolute Gasteiger partial charge is 0.329 e. The molecule has 1 saturated heterocycles. The lowest BCUT2D eigenvalue weighted by molar-refractivity contribution is -0.163. The van der Waals surface area contributed by atoms with Crippen LogP contribution in [0.5, 0.6) is 0 Å². The van der Waals surface area contributed by atoms with Crippen molar-refractivity contribution in [3.8, 4) is 0 Å². The number of hydrogen-bond donors (Lipinski definition) is 0. The molecular weight excluding hydrogens is 320 g/mol. The van der Waals surface area contributed by atoms with Crippen molar-refractivity contribution in [3.05, 3.63) is 23.3 Å². The van der Waals surface area contributed by atoms with E-state index in [0.29, 0.717) is 19.5 Å². The third-order valence-electron chi connectivity index (χ3n) is 4.76. The van der Waals surface area contributed by atoms with Gasteiger partial charge in [0.25, 0.3) is 5.91 Å². The van der Waals surface area contributed by atoms with Crippen LogP contribution in [0.4, 0.5) is 0 Å². The van der Waals surface area contributed by atoms with Crippen LogP contribution in [-0.2, 0) is 19.1 Å². The summed E-state index contributed by atoms with van der Waals surface area (Å²) >= 11 is 0. The number of ether oxygens (including phenoxy) is 1. The van der Waals surface area contributed by atoms with Crippen LogP contribution in [0.2, 0.25) is 0 Å². The number of allylic oxidation sites excluding steroid dienone is 1. The number of amides is 2. The molecule has 3 aliphatic rings. The fourth-order valence-electron chi connectivity index (χ4n) is 3.63. The molecule has 0 aromatic heterocycles. The van der Waals surface area contributed by atoms with Gasteiger partial charge in [0.15, 0.2) is 0 Å². The average molecular weight is 346 g/mol. The number of rotatable bonds is 3. The van der Waals surface area contributed by atoms with Gasteiger partial charge in [-0.3, -0.25) is 9.59 Å². The summed E-state index contributed by atoms with van der Waals surface area (Å²) in [6, 6.07) is -0.535. The second-order valence-electron chi connectivity index (χ2n) is 7.90. The zero-order valence-corrected chi connectivity index (χ0v) is 15.2. The van der Waals surface area contributed by atoms with E-state index < -0.39 is 11.6 Å². The first-order valence-electron chi connectivity index (χ1n) is 8.96. The molecular formula is C19H26N2O4. The molecule has 6 heteroatoms. The number of carbonyl (C=O) groups excluding carboxylic acids is 3. The highest BCUT2D eigenvalue weighted by atomic mass is 16.6. The standard InChI is InChI=1S/C19H26N2O4/c1-19(2,3)25-18(24)15-9-6-10-21(15)16(22)12-20-11-13-7-4-5-8-14(13)17(20)23/h5,8,15H,4,6-7,9-12H2,1-3H3. The van der Waals surface area contributed by atoms with E-state index in [0.717, 1.165) is 30.4 Å². The van der Waals surface area contributed by atoms with Crippen LogP contribution in [-0.4, -0.2) is 58.9 Å². The minimum Gasteiger partial charge on any atom is -0.458 e. The topological polar surface area (TPSA) is 66.9 Å². The Morgan fingerprint density at radius 1 is 1.32 bits per heavy atom. The maximum absolute atomic E-state index is 12.7. The highest BCUT2D eigenvalue weighted by molar-refractivity contribution is 6.02. The van der Waals surface area contributed by atoms with Crippen molar-refractivity contribution < 1.29 is 19.1 Å². The maximum atomic E-state index is 12.7. The van der Waals surface area contributed by atoms with Crippen molar-refractivity contribution in [2.45, 2.75) is 58.1 Å². The quantitative estimate of drug-likeness (QED) is 0.731. The third-order valence-corrected chi connectivity index (χ3v) is 4.76. The molecule has 0 aromatic rings. The molecule has 2 heterocycles. The fraction of sp³-hybridized carbons (Fsp3) is 0.632. The van der Waals surface area contributed by atoms with E-state index in [9.17, 15) is 14.4 Å². The molecule has 1 fully saturated rings. The highest BCUT2D eigenvalue weighted by Crippen LogP contribution is 2.28. The van der Waals surface area contributed by atoms with E-state index in [1.165, 1.54) is 0 Å². The van der Waals surface area contributed by atoms with Crippen molar-refractivity contribution in [2.75, 3.05) is 19.6 Å². The van der Waals surface area contributed by atoms with Crippen LogP contribution in [0.25, 0.3) is 0 Å². The third kappa shape index (κ3) is 3.78. The molecule has 2 amide bonds. The van der Waals surface area contributed by atoms with E-state index >= 15 is 0 Å². The Labute approximate surface area is 148 Å². The normalized spacial score (nSPS) is 23.3. The Balaban J connectivity index is 1.62. The van der Waals surface area contributed by atoms with Crippen molar-refractivity contribution in [3.63, 3.8) is 0 Å². The Kier molecular flexibility index (Phi) is 4.71. The summed E-state index contributed by atoms with van der Waals surface area (Å²) in [5.41, 5.74) is 1.28. The van der Waals surface area contributed by atoms with Crippen LogP contribution >= 0.6 is 0 Å². The first-order chi connectivity index (χ1) is 11.8. The lowest BCUT2D eigenvalue weighted by atomic mass is 10.0. The van der Waals surface area contributed by atoms with Gasteiger partial charge in [0, 0.05) is 18.7 Å². The minimum atomic E-state index is -0.575. The summed E-state index contributed by atoms with van der Waals surface area (Å²) < 4.78 is 5.44. The zero-order valence-electron chi connectivity index (χ0n) is 15.2. The predicted molar refractivity (Wildman–Crippen MR) is 92.6 cm³/mol. The molecule has 0 aromatic carbocycles. The summed E-state index contributed by atoms with van der Waals surface area (Å²) in [4.78, 5) is 40.7. The molecule has 25 heavy (non-hydrogen) atoms. The molecule has 0 N–H and O–H groups in total. The van der Waals surface area contributed by atoms with Crippen molar-refractivity contribution in [1.82, 2.24) is 9.80 Å². The molecule has 1 unspecified atom stereocenters. The summed E-state index contributed by atoms with van der Waals surface area (Å²) in [5, 5.41) is 0. The Morgan fingerprint density at radius 3 is 2.76 bits per heavy atom. The monoisotopic (exact) mass is 346 g/mol. The highest BCUT2D eigenvalue weighted by Gasteiger charge is 2.39. The van der Waals surface area contributed by atoms with E-state index in [2.05, 4.69) is 0 Å². The van der Waals surface area contributed by atoms with Crippen molar-refractivity contribution >= 4 is 17.8 Å². The van der Waals surface area contributed by atoms with Crippen LogP contribution in [0.3, 0.4) is 0 Å². The van der Waals surface area contributed by atoms with E-state index in [-0.39, 0.29) is 24.3 Å². The van der Waals surface area contributed by atoms with Gasteiger partial charge in [-0.1, -0.05) is 12.2 Å². The van der Waals surface area contributed by atoms with Crippen molar-refractivity contribution in [1.29, 1.82) is 0 Å². The second kappa shape index (κ2) is 6.65. The minimum absolute atomic E-state index is 0.0268. The van der Waals surface area contributed by atoms with E-state index in [1.807, 2.05) is 32.9 Å². The number of esters is 1. The van der Waals surface area contributed by atoms with Gasteiger partial charge < -0.3 is 14.5 Å².